The minimum absolute atomic E-state index is 0.416. The Kier molecular flexibility index (Phi) is 6.43. The summed E-state index contributed by atoms with van der Waals surface area (Å²) in [6, 6.07) is 0. The van der Waals surface area contributed by atoms with Gasteiger partial charge in [-0.05, 0) is 6.42 Å². The average molecular weight is 204 g/mol. The normalized spacial score (nSPS) is 10.5. The van der Waals surface area contributed by atoms with Crippen molar-refractivity contribution in [3.8, 4) is 0 Å². The van der Waals surface area contributed by atoms with E-state index in [4.69, 9.17) is 9.05 Å². The molecule has 0 aromatic carbocycles. The molecule has 0 fully saturated rings. The van der Waals surface area contributed by atoms with Gasteiger partial charge < -0.3 is 9.05 Å². The van der Waals surface area contributed by atoms with Gasteiger partial charge in [0.15, 0.2) is 0 Å². The number of hydrogen-bond acceptors (Lipinski definition) is 3. The van der Waals surface area contributed by atoms with Crippen LogP contribution in [-0.2, 0) is 13.6 Å². The van der Waals surface area contributed by atoms with Gasteiger partial charge in [-0.2, -0.15) is 0 Å². The lowest BCUT2D eigenvalue weighted by Gasteiger charge is -2.14. The largest absolute Gasteiger partial charge is 0.429 e. The van der Waals surface area contributed by atoms with Crippen molar-refractivity contribution in [3.05, 3.63) is 25.7 Å². The van der Waals surface area contributed by atoms with Crippen LogP contribution in [-0.4, -0.2) is 6.16 Å². The summed E-state index contributed by atoms with van der Waals surface area (Å²) in [5, 5.41) is 0. The van der Waals surface area contributed by atoms with E-state index in [9.17, 15) is 4.57 Å². The highest BCUT2D eigenvalue weighted by molar-refractivity contribution is 7.54. The van der Waals surface area contributed by atoms with Crippen LogP contribution in [0.15, 0.2) is 25.7 Å². The van der Waals surface area contributed by atoms with E-state index in [-0.39, 0.29) is 0 Å². The van der Waals surface area contributed by atoms with Crippen molar-refractivity contribution in [3.63, 3.8) is 0 Å². The van der Waals surface area contributed by atoms with Crippen LogP contribution in [0, 0.1) is 0 Å². The summed E-state index contributed by atoms with van der Waals surface area (Å²) in [5.41, 5.74) is 0. The third-order valence-corrected chi connectivity index (χ3v) is 3.31. The lowest BCUT2D eigenvalue weighted by molar-refractivity contribution is 0.327. The minimum Gasteiger partial charge on any atom is -0.425 e. The van der Waals surface area contributed by atoms with E-state index in [2.05, 4.69) is 20.1 Å². The maximum Gasteiger partial charge on any atom is 0.429 e. The zero-order valence-corrected chi connectivity index (χ0v) is 8.96. The Morgan fingerprint density at radius 3 is 2.15 bits per heavy atom. The highest BCUT2D eigenvalue weighted by atomic mass is 31.2. The molecule has 0 aliphatic carbocycles. The summed E-state index contributed by atoms with van der Waals surface area (Å²) in [5.74, 6) is 0. The maximum absolute atomic E-state index is 11.7. The highest BCUT2D eigenvalue weighted by Crippen LogP contribution is 2.49. The molecule has 0 heterocycles. The predicted octanol–water partition coefficient (Wildman–Crippen LogP) is 3.69. The third-order valence-electron chi connectivity index (χ3n) is 1.51. The fourth-order valence-corrected chi connectivity index (χ4v) is 2.24. The summed E-state index contributed by atoms with van der Waals surface area (Å²) in [6.45, 7) is 8.77. The Labute approximate surface area is 80.0 Å². The van der Waals surface area contributed by atoms with E-state index in [1.165, 1.54) is 0 Å². The molecule has 0 aliphatic heterocycles. The van der Waals surface area contributed by atoms with Gasteiger partial charge in [-0.1, -0.05) is 32.9 Å². The van der Waals surface area contributed by atoms with Crippen LogP contribution in [0.1, 0.15) is 26.2 Å². The second-order valence-electron chi connectivity index (χ2n) is 2.59. The van der Waals surface area contributed by atoms with Gasteiger partial charge in [-0.3, -0.25) is 0 Å². The Balaban J connectivity index is 3.98. The number of hydrogen-bond donors (Lipinski definition) is 0. The van der Waals surface area contributed by atoms with Gasteiger partial charge in [0, 0.05) is 0 Å². The van der Waals surface area contributed by atoms with E-state index in [1.54, 1.807) is 0 Å². The molecule has 13 heavy (non-hydrogen) atoms. The molecule has 0 N–H and O–H groups in total. The molecule has 0 aromatic heterocycles. The lowest BCUT2D eigenvalue weighted by atomic mass is 10.3. The van der Waals surface area contributed by atoms with Crippen LogP contribution in [0.5, 0.6) is 0 Å². The minimum atomic E-state index is -2.99. The van der Waals surface area contributed by atoms with E-state index in [1.807, 2.05) is 0 Å². The molecule has 0 saturated heterocycles. The first-order valence-corrected chi connectivity index (χ1v) is 6.09. The SMILES string of the molecule is C=COP(=O)(CCCCC)OC=C. The van der Waals surface area contributed by atoms with E-state index >= 15 is 0 Å². The second-order valence-corrected chi connectivity index (χ2v) is 4.68. The molecule has 0 bridgehead atoms. The molecule has 0 radical (unpaired) electrons. The van der Waals surface area contributed by atoms with Crippen LogP contribution >= 0.6 is 7.60 Å². The summed E-state index contributed by atoms with van der Waals surface area (Å²) >= 11 is 0. The van der Waals surface area contributed by atoms with Crippen molar-refractivity contribution in [1.29, 1.82) is 0 Å². The first kappa shape index (κ1) is 12.3. The molecule has 0 atom stereocenters. The Hall–Kier alpha value is -0.690. The van der Waals surface area contributed by atoms with Crippen LogP contribution in [0.3, 0.4) is 0 Å². The molecular formula is C9H17O3P. The van der Waals surface area contributed by atoms with Gasteiger partial charge in [0.2, 0.25) is 0 Å². The van der Waals surface area contributed by atoms with Gasteiger partial charge in [0.25, 0.3) is 0 Å². The van der Waals surface area contributed by atoms with Crippen LogP contribution in [0.4, 0.5) is 0 Å². The van der Waals surface area contributed by atoms with Crippen LogP contribution < -0.4 is 0 Å². The molecule has 76 valence electrons. The smallest absolute Gasteiger partial charge is 0.425 e. The van der Waals surface area contributed by atoms with Crippen molar-refractivity contribution < 1.29 is 13.6 Å². The lowest BCUT2D eigenvalue weighted by Crippen LogP contribution is -1.93. The zero-order chi connectivity index (χ0) is 10.2. The summed E-state index contributed by atoms with van der Waals surface area (Å²) in [7, 11) is -2.99. The molecule has 0 aliphatic rings. The quantitative estimate of drug-likeness (QED) is 0.343. The number of unbranched alkanes of at least 4 members (excludes halogenated alkanes) is 2. The van der Waals surface area contributed by atoms with E-state index < -0.39 is 7.60 Å². The molecule has 0 saturated carbocycles. The summed E-state index contributed by atoms with van der Waals surface area (Å²) < 4.78 is 21.4. The first-order valence-electron chi connectivity index (χ1n) is 4.36. The monoisotopic (exact) mass is 204 g/mol. The molecule has 0 unspecified atom stereocenters. The fourth-order valence-electron chi connectivity index (χ4n) is 0.913. The molecule has 0 aromatic rings. The van der Waals surface area contributed by atoms with Crippen LogP contribution in [0.25, 0.3) is 0 Å². The van der Waals surface area contributed by atoms with Gasteiger partial charge in [-0.25, -0.2) is 4.57 Å². The van der Waals surface area contributed by atoms with Crippen molar-refractivity contribution in [2.45, 2.75) is 26.2 Å². The highest BCUT2D eigenvalue weighted by Gasteiger charge is 2.22. The Bertz CT molecular complexity index is 187. The molecule has 0 amide bonds. The van der Waals surface area contributed by atoms with Crippen LogP contribution in [0.2, 0.25) is 0 Å². The first-order chi connectivity index (χ1) is 6.18. The number of rotatable bonds is 8. The Morgan fingerprint density at radius 1 is 1.23 bits per heavy atom. The van der Waals surface area contributed by atoms with Crippen molar-refractivity contribution >= 4 is 7.60 Å². The summed E-state index contributed by atoms with van der Waals surface area (Å²) in [4.78, 5) is 0. The van der Waals surface area contributed by atoms with Gasteiger partial charge in [-0.15, -0.1) is 0 Å². The van der Waals surface area contributed by atoms with E-state index in [0.29, 0.717) is 6.16 Å². The Morgan fingerprint density at radius 2 is 1.77 bits per heavy atom. The summed E-state index contributed by atoms with van der Waals surface area (Å²) in [6.07, 6.45) is 5.63. The van der Waals surface area contributed by atoms with Crippen molar-refractivity contribution in [1.82, 2.24) is 0 Å². The molecule has 3 nitrogen and oxygen atoms in total. The zero-order valence-electron chi connectivity index (χ0n) is 8.07. The second kappa shape index (κ2) is 6.79. The fraction of sp³-hybridized carbons (Fsp3) is 0.556. The molecule has 4 heteroatoms. The van der Waals surface area contributed by atoms with Gasteiger partial charge in [0.05, 0.1) is 18.7 Å². The van der Waals surface area contributed by atoms with Crippen molar-refractivity contribution in [2.75, 3.05) is 6.16 Å². The van der Waals surface area contributed by atoms with Gasteiger partial charge in [0.1, 0.15) is 0 Å². The standard InChI is InChI=1S/C9H17O3P/c1-4-7-8-9-13(10,11-5-2)12-6-3/h5-6H,2-4,7-9H2,1H3. The predicted molar refractivity (Wildman–Crippen MR) is 54.6 cm³/mol. The topological polar surface area (TPSA) is 35.5 Å². The van der Waals surface area contributed by atoms with Gasteiger partial charge >= 0.3 is 7.60 Å². The maximum atomic E-state index is 11.7. The molecular weight excluding hydrogens is 187 g/mol. The average Bonchev–Trinajstić information content (AvgIpc) is 2.05. The third kappa shape index (κ3) is 5.53. The molecule has 0 rings (SSSR count). The van der Waals surface area contributed by atoms with E-state index in [0.717, 1.165) is 31.8 Å². The van der Waals surface area contributed by atoms with Crippen molar-refractivity contribution in [2.24, 2.45) is 0 Å². The molecule has 0 spiro atoms.